The van der Waals surface area contributed by atoms with Crippen LogP contribution in [0, 0.1) is 0 Å². The SMILES string of the molecule is CC(C)(C)c1nsnc1Cl. The second-order valence-corrected chi connectivity index (χ2v) is 4.04. The van der Waals surface area contributed by atoms with E-state index in [4.69, 9.17) is 11.6 Å². The minimum Gasteiger partial charge on any atom is -0.176 e. The molecule has 0 spiro atoms. The molecule has 0 radical (unpaired) electrons. The Morgan fingerprint density at radius 3 is 2.10 bits per heavy atom. The molecule has 0 aromatic carbocycles. The number of hydrogen-bond donors (Lipinski definition) is 0. The molecule has 0 saturated heterocycles. The van der Waals surface area contributed by atoms with Gasteiger partial charge in [-0.15, -0.1) is 0 Å². The molecule has 1 aromatic heterocycles. The molecule has 0 aliphatic heterocycles. The zero-order chi connectivity index (χ0) is 7.78. The first-order valence-electron chi connectivity index (χ1n) is 3.00. The van der Waals surface area contributed by atoms with Gasteiger partial charge in [-0.1, -0.05) is 32.4 Å². The molecule has 0 fully saturated rings. The van der Waals surface area contributed by atoms with Gasteiger partial charge >= 0.3 is 0 Å². The maximum absolute atomic E-state index is 5.76. The molecule has 1 aromatic rings. The Morgan fingerprint density at radius 1 is 1.30 bits per heavy atom. The Kier molecular flexibility index (Phi) is 1.97. The van der Waals surface area contributed by atoms with Crippen molar-refractivity contribution in [2.75, 3.05) is 0 Å². The fraction of sp³-hybridized carbons (Fsp3) is 0.667. The minimum atomic E-state index is 0.0179. The Labute approximate surface area is 69.6 Å². The zero-order valence-corrected chi connectivity index (χ0v) is 7.75. The molecule has 0 aliphatic carbocycles. The standard InChI is InChI=1S/C6H9ClN2S/c1-6(2,3)4-5(7)9-10-8-4/h1-3H3. The van der Waals surface area contributed by atoms with E-state index >= 15 is 0 Å². The molecule has 0 saturated carbocycles. The van der Waals surface area contributed by atoms with Crippen LogP contribution < -0.4 is 0 Å². The van der Waals surface area contributed by atoms with E-state index in [0.717, 1.165) is 17.4 Å². The lowest BCUT2D eigenvalue weighted by molar-refractivity contribution is 0.575. The molecule has 0 N–H and O–H groups in total. The first-order valence-corrected chi connectivity index (χ1v) is 4.11. The van der Waals surface area contributed by atoms with Gasteiger partial charge in [0.2, 0.25) is 0 Å². The molecule has 10 heavy (non-hydrogen) atoms. The largest absolute Gasteiger partial charge is 0.176 e. The summed E-state index contributed by atoms with van der Waals surface area (Å²) in [6, 6.07) is 0. The van der Waals surface area contributed by atoms with E-state index in [1.54, 1.807) is 0 Å². The van der Waals surface area contributed by atoms with Crippen LogP contribution >= 0.6 is 23.3 Å². The number of aromatic nitrogens is 2. The topological polar surface area (TPSA) is 25.8 Å². The van der Waals surface area contributed by atoms with Crippen molar-refractivity contribution < 1.29 is 0 Å². The van der Waals surface area contributed by atoms with Gasteiger partial charge in [-0.3, -0.25) is 0 Å². The Morgan fingerprint density at radius 2 is 1.90 bits per heavy atom. The molecule has 2 nitrogen and oxygen atoms in total. The fourth-order valence-electron chi connectivity index (χ4n) is 0.624. The molecular formula is C6H9ClN2S. The van der Waals surface area contributed by atoms with Crippen molar-refractivity contribution in [3.63, 3.8) is 0 Å². The van der Waals surface area contributed by atoms with E-state index in [1.165, 1.54) is 0 Å². The van der Waals surface area contributed by atoms with Crippen molar-refractivity contribution in [3.05, 3.63) is 10.8 Å². The highest BCUT2D eigenvalue weighted by atomic mass is 35.5. The Hall–Kier alpha value is -0.150. The molecule has 1 rings (SSSR count). The van der Waals surface area contributed by atoms with Gasteiger partial charge in [0.25, 0.3) is 0 Å². The van der Waals surface area contributed by atoms with E-state index in [9.17, 15) is 0 Å². The lowest BCUT2D eigenvalue weighted by Crippen LogP contribution is -2.11. The average Bonchev–Trinajstić information content (AvgIpc) is 2.11. The first kappa shape index (κ1) is 7.95. The summed E-state index contributed by atoms with van der Waals surface area (Å²) < 4.78 is 7.96. The maximum Gasteiger partial charge on any atom is 0.166 e. The highest BCUT2D eigenvalue weighted by Gasteiger charge is 2.20. The van der Waals surface area contributed by atoms with Gasteiger partial charge in [-0.25, -0.2) is 0 Å². The van der Waals surface area contributed by atoms with Crippen molar-refractivity contribution in [3.8, 4) is 0 Å². The third-order valence-electron chi connectivity index (χ3n) is 1.16. The van der Waals surface area contributed by atoms with Crippen molar-refractivity contribution >= 4 is 23.3 Å². The van der Waals surface area contributed by atoms with Gasteiger partial charge in [-0.05, 0) is 0 Å². The summed E-state index contributed by atoms with van der Waals surface area (Å²) in [4.78, 5) is 0. The zero-order valence-electron chi connectivity index (χ0n) is 6.18. The minimum absolute atomic E-state index is 0.0179. The van der Waals surface area contributed by atoms with Gasteiger partial charge in [0.1, 0.15) is 0 Å². The number of nitrogens with zero attached hydrogens (tertiary/aromatic N) is 2. The van der Waals surface area contributed by atoms with Crippen LogP contribution in [0.5, 0.6) is 0 Å². The van der Waals surface area contributed by atoms with Crippen LogP contribution in [-0.4, -0.2) is 8.75 Å². The van der Waals surface area contributed by atoms with Crippen LogP contribution in [0.1, 0.15) is 26.5 Å². The van der Waals surface area contributed by atoms with E-state index in [2.05, 4.69) is 29.5 Å². The van der Waals surface area contributed by atoms with Crippen molar-refractivity contribution in [2.45, 2.75) is 26.2 Å². The molecular weight excluding hydrogens is 168 g/mol. The number of rotatable bonds is 0. The Bertz CT molecular complexity index is 226. The summed E-state index contributed by atoms with van der Waals surface area (Å²) in [5, 5.41) is 0.539. The molecule has 1 heterocycles. The van der Waals surface area contributed by atoms with E-state index < -0.39 is 0 Å². The van der Waals surface area contributed by atoms with Crippen LogP contribution in [0.15, 0.2) is 0 Å². The smallest absolute Gasteiger partial charge is 0.166 e. The van der Waals surface area contributed by atoms with Crippen molar-refractivity contribution in [2.24, 2.45) is 0 Å². The van der Waals surface area contributed by atoms with Gasteiger partial charge in [0.05, 0.1) is 17.4 Å². The van der Waals surface area contributed by atoms with Gasteiger partial charge in [-0.2, -0.15) is 8.75 Å². The predicted octanol–water partition coefficient (Wildman–Crippen LogP) is 2.49. The van der Waals surface area contributed by atoms with Crippen LogP contribution in [0.3, 0.4) is 0 Å². The highest BCUT2D eigenvalue weighted by molar-refractivity contribution is 6.99. The van der Waals surface area contributed by atoms with Gasteiger partial charge < -0.3 is 0 Å². The molecule has 0 unspecified atom stereocenters. The fourth-order valence-corrected chi connectivity index (χ4v) is 1.73. The highest BCUT2D eigenvalue weighted by Crippen LogP contribution is 2.26. The van der Waals surface area contributed by atoms with E-state index in [1.807, 2.05) is 0 Å². The van der Waals surface area contributed by atoms with Crippen LogP contribution in [0.4, 0.5) is 0 Å². The lowest BCUT2D eigenvalue weighted by Gasteiger charge is -2.13. The third-order valence-corrected chi connectivity index (χ3v) is 2.05. The molecule has 0 atom stereocenters. The molecule has 0 amide bonds. The van der Waals surface area contributed by atoms with E-state index in [-0.39, 0.29) is 5.41 Å². The summed E-state index contributed by atoms with van der Waals surface area (Å²) in [6.07, 6.45) is 0. The summed E-state index contributed by atoms with van der Waals surface area (Å²) in [5.74, 6) is 0. The van der Waals surface area contributed by atoms with Crippen LogP contribution in [-0.2, 0) is 5.41 Å². The van der Waals surface area contributed by atoms with Crippen LogP contribution in [0.25, 0.3) is 0 Å². The summed E-state index contributed by atoms with van der Waals surface area (Å²) in [5.41, 5.74) is 0.906. The first-order chi connectivity index (χ1) is 4.52. The van der Waals surface area contributed by atoms with E-state index in [0.29, 0.717) is 5.15 Å². The predicted molar refractivity (Wildman–Crippen MR) is 43.6 cm³/mol. The quantitative estimate of drug-likeness (QED) is 0.607. The summed E-state index contributed by atoms with van der Waals surface area (Å²) >= 11 is 6.92. The molecule has 0 aliphatic rings. The number of halogens is 1. The summed E-state index contributed by atoms with van der Waals surface area (Å²) in [6.45, 7) is 6.20. The van der Waals surface area contributed by atoms with Gasteiger partial charge in [0.15, 0.2) is 5.15 Å². The Balaban J connectivity index is 3.05. The molecule has 56 valence electrons. The third kappa shape index (κ3) is 1.47. The number of hydrogen-bond acceptors (Lipinski definition) is 3. The average molecular weight is 177 g/mol. The summed E-state index contributed by atoms with van der Waals surface area (Å²) in [7, 11) is 0. The normalized spacial score (nSPS) is 12.0. The molecule has 0 bridgehead atoms. The van der Waals surface area contributed by atoms with Gasteiger partial charge in [0, 0.05) is 5.41 Å². The lowest BCUT2D eigenvalue weighted by atomic mass is 9.93. The second-order valence-electron chi connectivity index (χ2n) is 3.15. The second kappa shape index (κ2) is 2.47. The maximum atomic E-state index is 5.76. The molecule has 4 heteroatoms. The monoisotopic (exact) mass is 176 g/mol. The van der Waals surface area contributed by atoms with Crippen molar-refractivity contribution in [1.29, 1.82) is 0 Å². The van der Waals surface area contributed by atoms with Crippen molar-refractivity contribution in [1.82, 2.24) is 8.75 Å². The van der Waals surface area contributed by atoms with Crippen LogP contribution in [0.2, 0.25) is 5.15 Å².